The Morgan fingerprint density at radius 2 is 2.15 bits per heavy atom. The summed E-state index contributed by atoms with van der Waals surface area (Å²) in [6.45, 7) is 5.34. The van der Waals surface area contributed by atoms with Crippen molar-refractivity contribution in [2.24, 2.45) is 0 Å². The molecule has 0 unspecified atom stereocenters. The van der Waals surface area contributed by atoms with E-state index in [4.69, 9.17) is 0 Å². The third-order valence-corrected chi connectivity index (χ3v) is 4.88. The van der Waals surface area contributed by atoms with Gasteiger partial charge in [0.2, 0.25) is 5.91 Å². The number of carbonyl (C=O) groups excluding carboxylic acids is 1. The van der Waals surface area contributed by atoms with Gasteiger partial charge in [0.25, 0.3) is 0 Å². The first-order valence-corrected chi connectivity index (χ1v) is 7.72. The Bertz CT molecular complexity index is 384. The highest BCUT2D eigenvalue weighted by Crippen LogP contribution is 2.32. The Labute approximate surface area is 121 Å². The number of nitriles is 1. The molecule has 20 heavy (non-hydrogen) atoms. The van der Waals surface area contributed by atoms with E-state index in [2.05, 4.69) is 23.2 Å². The summed E-state index contributed by atoms with van der Waals surface area (Å²) in [5.41, 5.74) is -0.563. The van der Waals surface area contributed by atoms with E-state index in [-0.39, 0.29) is 5.91 Å². The lowest BCUT2D eigenvalue weighted by Gasteiger charge is -2.41. The van der Waals surface area contributed by atoms with E-state index < -0.39 is 5.54 Å². The van der Waals surface area contributed by atoms with E-state index in [0.717, 1.165) is 45.3 Å². The Balaban J connectivity index is 1.98. The average Bonchev–Trinajstić information content (AvgIpc) is 2.49. The first kappa shape index (κ1) is 15.3. The largest absolute Gasteiger partial charge is 0.326 e. The Morgan fingerprint density at radius 1 is 1.45 bits per heavy atom. The molecule has 0 aromatic heterocycles. The van der Waals surface area contributed by atoms with Gasteiger partial charge in [-0.25, -0.2) is 0 Å². The molecule has 0 radical (unpaired) electrons. The van der Waals surface area contributed by atoms with Crippen molar-refractivity contribution in [2.75, 3.05) is 33.2 Å². The number of piperazine rings is 1. The first-order valence-electron chi connectivity index (χ1n) is 7.72. The first-order chi connectivity index (χ1) is 9.59. The number of hydrogen-bond acceptors (Lipinski definition) is 4. The van der Waals surface area contributed by atoms with Crippen LogP contribution in [0, 0.1) is 11.3 Å². The Kier molecular flexibility index (Phi) is 5.00. The molecule has 0 bridgehead atoms. The van der Waals surface area contributed by atoms with Crippen LogP contribution < -0.4 is 5.32 Å². The van der Waals surface area contributed by atoms with Crippen molar-refractivity contribution >= 4 is 5.91 Å². The fourth-order valence-corrected chi connectivity index (χ4v) is 3.30. The van der Waals surface area contributed by atoms with Crippen molar-refractivity contribution in [2.45, 2.75) is 50.6 Å². The fraction of sp³-hybridized carbons (Fsp3) is 0.867. The summed E-state index contributed by atoms with van der Waals surface area (Å²) in [6, 6.07) is 2.80. The zero-order valence-corrected chi connectivity index (χ0v) is 12.7. The SMILES string of the molecule is C[C@H]1CNCCN1CC(=O)N(C)C1(C#N)CCCCC1. The van der Waals surface area contributed by atoms with Gasteiger partial charge in [-0.15, -0.1) is 0 Å². The van der Waals surface area contributed by atoms with Gasteiger partial charge in [0.1, 0.15) is 5.54 Å². The number of nitrogens with zero attached hydrogens (tertiary/aromatic N) is 3. The second kappa shape index (κ2) is 6.55. The van der Waals surface area contributed by atoms with E-state index in [1.165, 1.54) is 6.42 Å². The molecule has 2 fully saturated rings. The molecule has 2 aliphatic rings. The molecule has 0 aromatic rings. The lowest BCUT2D eigenvalue weighted by molar-refractivity contribution is -0.136. The van der Waals surface area contributed by atoms with Gasteiger partial charge >= 0.3 is 0 Å². The summed E-state index contributed by atoms with van der Waals surface area (Å²) < 4.78 is 0. The third-order valence-electron chi connectivity index (χ3n) is 4.88. The van der Waals surface area contributed by atoms with Crippen molar-refractivity contribution in [3.8, 4) is 6.07 Å². The normalized spacial score (nSPS) is 26.8. The highest BCUT2D eigenvalue weighted by Gasteiger charge is 2.39. The van der Waals surface area contributed by atoms with Gasteiger partial charge in [-0.1, -0.05) is 19.3 Å². The van der Waals surface area contributed by atoms with Crippen molar-refractivity contribution in [1.82, 2.24) is 15.1 Å². The molecule has 2 rings (SSSR count). The number of carbonyl (C=O) groups is 1. The van der Waals surface area contributed by atoms with Gasteiger partial charge < -0.3 is 10.2 Å². The molecular weight excluding hydrogens is 252 g/mol. The van der Waals surface area contributed by atoms with Crippen LogP contribution in [0.25, 0.3) is 0 Å². The second-order valence-electron chi connectivity index (χ2n) is 6.18. The minimum atomic E-state index is -0.563. The van der Waals surface area contributed by atoms with Crippen LogP contribution in [0.3, 0.4) is 0 Å². The number of nitrogens with one attached hydrogen (secondary N) is 1. The quantitative estimate of drug-likeness (QED) is 0.835. The molecule has 1 saturated heterocycles. The standard InChI is InChI=1S/C15H26N4O/c1-13-10-17-8-9-19(13)11-14(20)18(2)15(12-16)6-4-3-5-7-15/h13,17H,3-11H2,1-2H3/t13-/m0/s1. The highest BCUT2D eigenvalue weighted by molar-refractivity contribution is 5.79. The molecule has 112 valence electrons. The van der Waals surface area contributed by atoms with Gasteiger partial charge in [0.15, 0.2) is 0 Å². The van der Waals surface area contributed by atoms with Crippen molar-refractivity contribution < 1.29 is 4.79 Å². The van der Waals surface area contributed by atoms with Crippen LogP contribution in [-0.2, 0) is 4.79 Å². The lowest BCUT2D eigenvalue weighted by atomic mass is 9.81. The lowest BCUT2D eigenvalue weighted by Crippen LogP contribution is -2.56. The fourth-order valence-electron chi connectivity index (χ4n) is 3.30. The number of rotatable bonds is 3. The van der Waals surface area contributed by atoms with E-state index >= 15 is 0 Å². The Morgan fingerprint density at radius 3 is 2.75 bits per heavy atom. The molecule has 0 spiro atoms. The summed E-state index contributed by atoms with van der Waals surface area (Å²) in [4.78, 5) is 16.5. The van der Waals surface area contributed by atoms with E-state index in [0.29, 0.717) is 12.6 Å². The second-order valence-corrected chi connectivity index (χ2v) is 6.18. The van der Waals surface area contributed by atoms with Gasteiger partial charge in [-0.2, -0.15) is 5.26 Å². The third kappa shape index (κ3) is 3.13. The van der Waals surface area contributed by atoms with E-state index in [9.17, 15) is 10.1 Å². The van der Waals surface area contributed by atoms with E-state index in [1.807, 2.05) is 7.05 Å². The molecule has 1 N–H and O–H groups in total. The smallest absolute Gasteiger partial charge is 0.237 e. The van der Waals surface area contributed by atoms with Crippen molar-refractivity contribution in [1.29, 1.82) is 5.26 Å². The topological polar surface area (TPSA) is 59.4 Å². The number of amides is 1. The van der Waals surface area contributed by atoms with Crippen LogP contribution in [-0.4, -0.2) is 60.5 Å². The monoisotopic (exact) mass is 278 g/mol. The van der Waals surface area contributed by atoms with Gasteiger partial charge in [0.05, 0.1) is 12.6 Å². The molecule has 5 nitrogen and oxygen atoms in total. The van der Waals surface area contributed by atoms with Gasteiger partial charge in [0, 0.05) is 32.7 Å². The minimum absolute atomic E-state index is 0.0854. The summed E-state index contributed by atoms with van der Waals surface area (Å²) >= 11 is 0. The number of hydrogen-bond donors (Lipinski definition) is 1. The van der Waals surface area contributed by atoms with Crippen LogP contribution in [0.5, 0.6) is 0 Å². The molecule has 1 heterocycles. The predicted octanol–water partition coefficient (Wildman–Crippen LogP) is 0.965. The van der Waals surface area contributed by atoms with E-state index in [1.54, 1.807) is 4.90 Å². The number of likely N-dealkylation sites (N-methyl/N-ethyl adjacent to an activating group) is 1. The van der Waals surface area contributed by atoms with Crippen molar-refractivity contribution in [3.05, 3.63) is 0 Å². The van der Waals surface area contributed by atoms with Crippen LogP contribution in [0.2, 0.25) is 0 Å². The molecule has 1 atom stereocenters. The molecule has 1 aliphatic carbocycles. The maximum atomic E-state index is 12.5. The molecule has 1 saturated carbocycles. The Hall–Kier alpha value is -1.12. The van der Waals surface area contributed by atoms with Crippen LogP contribution >= 0.6 is 0 Å². The minimum Gasteiger partial charge on any atom is -0.326 e. The van der Waals surface area contributed by atoms with Crippen LogP contribution in [0.1, 0.15) is 39.0 Å². The van der Waals surface area contributed by atoms with Gasteiger partial charge in [-0.05, 0) is 19.8 Å². The van der Waals surface area contributed by atoms with Crippen molar-refractivity contribution in [3.63, 3.8) is 0 Å². The zero-order chi connectivity index (χ0) is 14.6. The summed E-state index contributed by atoms with van der Waals surface area (Å²) in [5.74, 6) is 0.0854. The van der Waals surface area contributed by atoms with Crippen LogP contribution in [0.4, 0.5) is 0 Å². The van der Waals surface area contributed by atoms with Gasteiger partial charge in [-0.3, -0.25) is 9.69 Å². The molecular formula is C15H26N4O. The summed E-state index contributed by atoms with van der Waals surface area (Å²) in [6.07, 6.45) is 4.93. The molecule has 5 heteroatoms. The summed E-state index contributed by atoms with van der Waals surface area (Å²) in [7, 11) is 1.81. The highest BCUT2D eigenvalue weighted by atomic mass is 16.2. The molecule has 1 aliphatic heterocycles. The zero-order valence-electron chi connectivity index (χ0n) is 12.7. The average molecular weight is 278 g/mol. The maximum absolute atomic E-state index is 12.5. The van der Waals surface area contributed by atoms with Crippen LogP contribution in [0.15, 0.2) is 0 Å². The predicted molar refractivity (Wildman–Crippen MR) is 78.1 cm³/mol. The molecule has 1 amide bonds. The molecule has 0 aromatic carbocycles. The maximum Gasteiger partial charge on any atom is 0.237 e. The summed E-state index contributed by atoms with van der Waals surface area (Å²) in [5, 5.41) is 12.9.